The monoisotopic (exact) mass is 191 g/mol. The van der Waals surface area contributed by atoms with Crippen molar-refractivity contribution in [2.45, 2.75) is 19.3 Å². The van der Waals surface area contributed by atoms with E-state index in [2.05, 4.69) is 30.4 Å². The predicted octanol–water partition coefficient (Wildman–Crippen LogP) is 2.16. The lowest BCUT2D eigenvalue weighted by Crippen LogP contribution is -2.39. The van der Waals surface area contributed by atoms with Crippen LogP contribution in [0.5, 0.6) is 5.75 Å². The SMILES string of the molecule is CCCOc1cccc(C2CNC2)c1. The molecular formula is C12H17NO. The Balaban J connectivity index is 2.02. The Morgan fingerprint density at radius 1 is 1.43 bits per heavy atom. The Morgan fingerprint density at radius 3 is 2.93 bits per heavy atom. The molecule has 0 bridgehead atoms. The second-order valence-corrected chi connectivity index (χ2v) is 3.78. The standard InChI is InChI=1S/C12H17NO/c1-2-6-14-12-5-3-4-10(7-12)11-8-13-9-11/h3-5,7,11,13H,2,6,8-9H2,1H3. The molecule has 0 unspecified atom stereocenters. The van der Waals surface area contributed by atoms with Gasteiger partial charge in [0, 0.05) is 19.0 Å². The Kier molecular flexibility index (Phi) is 3.04. The van der Waals surface area contributed by atoms with Crippen LogP contribution in [-0.2, 0) is 0 Å². The molecule has 1 saturated heterocycles. The lowest BCUT2D eigenvalue weighted by atomic mass is 9.94. The van der Waals surface area contributed by atoms with Crippen molar-refractivity contribution < 1.29 is 4.74 Å². The molecule has 0 aliphatic carbocycles. The van der Waals surface area contributed by atoms with Crippen LogP contribution in [0.3, 0.4) is 0 Å². The number of ether oxygens (including phenoxy) is 1. The highest BCUT2D eigenvalue weighted by Crippen LogP contribution is 2.23. The molecule has 1 N–H and O–H groups in total. The smallest absolute Gasteiger partial charge is 0.119 e. The van der Waals surface area contributed by atoms with E-state index in [0.717, 1.165) is 31.9 Å². The van der Waals surface area contributed by atoms with Crippen LogP contribution >= 0.6 is 0 Å². The van der Waals surface area contributed by atoms with Crippen molar-refractivity contribution in [2.24, 2.45) is 0 Å². The summed E-state index contributed by atoms with van der Waals surface area (Å²) in [5, 5.41) is 3.28. The summed E-state index contributed by atoms with van der Waals surface area (Å²) in [6, 6.07) is 8.47. The molecule has 1 heterocycles. The Bertz CT molecular complexity index is 294. The Labute approximate surface area is 85.3 Å². The van der Waals surface area contributed by atoms with Crippen LogP contribution in [0.2, 0.25) is 0 Å². The predicted molar refractivity (Wildman–Crippen MR) is 57.8 cm³/mol. The first-order valence-electron chi connectivity index (χ1n) is 5.33. The van der Waals surface area contributed by atoms with E-state index in [1.807, 2.05) is 6.07 Å². The van der Waals surface area contributed by atoms with Gasteiger partial charge < -0.3 is 10.1 Å². The molecule has 0 atom stereocenters. The van der Waals surface area contributed by atoms with Crippen LogP contribution in [0.15, 0.2) is 24.3 Å². The molecule has 1 aromatic rings. The molecule has 0 amide bonds. The second kappa shape index (κ2) is 4.47. The molecule has 0 radical (unpaired) electrons. The second-order valence-electron chi connectivity index (χ2n) is 3.78. The lowest BCUT2D eigenvalue weighted by Gasteiger charge is -2.27. The van der Waals surface area contributed by atoms with Crippen molar-refractivity contribution in [3.8, 4) is 5.75 Å². The van der Waals surface area contributed by atoms with Gasteiger partial charge in [-0.1, -0.05) is 19.1 Å². The summed E-state index contributed by atoms with van der Waals surface area (Å²) >= 11 is 0. The molecule has 1 aliphatic heterocycles. The molecular weight excluding hydrogens is 174 g/mol. The van der Waals surface area contributed by atoms with E-state index in [-0.39, 0.29) is 0 Å². The zero-order valence-corrected chi connectivity index (χ0v) is 8.62. The van der Waals surface area contributed by atoms with E-state index in [0.29, 0.717) is 5.92 Å². The van der Waals surface area contributed by atoms with E-state index in [1.165, 1.54) is 5.56 Å². The maximum Gasteiger partial charge on any atom is 0.119 e. The normalized spacial score (nSPS) is 16.4. The van der Waals surface area contributed by atoms with Crippen molar-refractivity contribution in [1.29, 1.82) is 0 Å². The van der Waals surface area contributed by atoms with Gasteiger partial charge in [0.2, 0.25) is 0 Å². The fraction of sp³-hybridized carbons (Fsp3) is 0.500. The quantitative estimate of drug-likeness (QED) is 0.787. The van der Waals surface area contributed by atoms with E-state index >= 15 is 0 Å². The van der Waals surface area contributed by atoms with Gasteiger partial charge in [0.1, 0.15) is 5.75 Å². The van der Waals surface area contributed by atoms with Gasteiger partial charge in [-0.2, -0.15) is 0 Å². The van der Waals surface area contributed by atoms with Gasteiger partial charge in [0.05, 0.1) is 6.61 Å². The summed E-state index contributed by atoms with van der Waals surface area (Å²) < 4.78 is 5.59. The van der Waals surface area contributed by atoms with Crippen molar-refractivity contribution in [3.63, 3.8) is 0 Å². The fourth-order valence-corrected chi connectivity index (χ4v) is 1.60. The molecule has 1 aliphatic rings. The van der Waals surface area contributed by atoms with Gasteiger partial charge in [-0.05, 0) is 24.1 Å². The van der Waals surface area contributed by atoms with Gasteiger partial charge in [-0.25, -0.2) is 0 Å². The number of rotatable bonds is 4. The van der Waals surface area contributed by atoms with Gasteiger partial charge >= 0.3 is 0 Å². The van der Waals surface area contributed by atoms with Gasteiger partial charge in [-0.15, -0.1) is 0 Å². The molecule has 2 nitrogen and oxygen atoms in total. The lowest BCUT2D eigenvalue weighted by molar-refractivity contribution is 0.316. The fourth-order valence-electron chi connectivity index (χ4n) is 1.60. The maximum absolute atomic E-state index is 5.59. The first-order valence-corrected chi connectivity index (χ1v) is 5.33. The summed E-state index contributed by atoms with van der Waals surface area (Å²) in [6.45, 7) is 5.15. The first-order chi connectivity index (χ1) is 6.90. The van der Waals surface area contributed by atoms with Crippen molar-refractivity contribution in [3.05, 3.63) is 29.8 Å². The third-order valence-corrected chi connectivity index (χ3v) is 2.58. The highest BCUT2D eigenvalue weighted by atomic mass is 16.5. The van der Waals surface area contributed by atoms with Crippen molar-refractivity contribution in [2.75, 3.05) is 19.7 Å². The largest absolute Gasteiger partial charge is 0.494 e. The average Bonchev–Trinajstić information content (AvgIpc) is 2.13. The minimum absolute atomic E-state index is 0.695. The molecule has 14 heavy (non-hydrogen) atoms. The van der Waals surface area contributed by atoms with E-state index < -0.39 is 0 Å². The van der Waals surface area contributed by atoms with Crippen LogP contribution in [0.1, 0.15) is 24.8 Å². The van der Waals surface area contributed by atoms with E-state index in [9.17, 15) is 0 Å². The molecule has 2 rings (SSSR count). The van der Waals surface area contributed by atoms with Crippen LogP contribution in [0.4, 0.5) is 0 Å². The highest BCUT2D eigenvalue weighted by molar-refractivity contribution is 5.32. The van der Waals surface area contributed by atoms with Crippen LogP contribution < -0.4 is 10.1 Å². The topological polar surface area (TPSA) is 21.3 Å². The third kappa shape index (κ3) is 2.07. The van der Waals surface area contributed by atoms with Gasteiger partial charge in [-0.3, -0.25) is 0 Å². The van der Waals surface area contributed by atoms with Crippen LogP contribution in [0.25, 0.3) is 0 Å². The minimum Gasteiger partial charge on any atom is -0.494 e. The van der Waals surface area contributed by atoms with Crippen molar-refractivity contribution >= 4 is 0 Å². The first kappa shape index (κ1) is 9.53. The van der Waals surface area contributed by atoms with Crippen molar-refractivity contribution in [1.82, 2.24) is 5.32 Å². The summed E-state index contributed by atoms with van der Waals surface area (Å²) in [7, 11) is 0. The average molecular weight is 191 g/mol. The maximum atomic E-state index is 5.59. The highest BCUT2D eigenvalue weighted by Gasteiger charge is 2.18. The summed E-state index contributed by atoms with van der Waals surface area (Å²) in [5.74, 6) is 1.71. The summed E-state index contributed by atoms with van der Waals surface area (Å²) in [6.07, 6.45) is 1.06. The van der Waals surface area contributed by atoms with Crippen LogP contribution in [-0.4, -0.2) is 19.7 Å². The van der Waals surface area contributed by atoms with Gasteiger partial charge in [0.25, 0.3) is 0 Å². The van der Waals surface area contributed by atoms with Crippen LogP contribution in [0, 0.1) is 0 Å². The Morgan fingerprint density at radius 2 is 2.29 bits per heavy atom. The summed E-state index contributed by atoms with van der Waals surface area (Å²) in [5.41, 5.74) is 1.40. The third-order valence-electron chi connectivity index (χ3n) is 2.58. The molecule has 0 aromatic heterocycles. The zero-order chi connectivity index (χ0) is 9.80. The number of hydrogen-bond acceptors (Lipinski definition) is 2. The van der Waals surface area contributed by atoms with E-state index in [1.54, 1.807) is 0 Å². The molecule has 2 heteroatoms. The zero-order valence-electron chi connectivity index (χ0n) is 8.62. The number of nitrogens with one attached hydrogen (secondary N) is 1. The molecule has 1 aromatic carbocycles. The van der Waals surface area contributed by atoms with E-state index in [4.69, 9.17) is 4.74 Å². The van der Waals surface area contributed by atoms with Gasteiger partial charge in [0.15, 0.2) is 0 Å². The number of benzene rings is 1. The summed E-state index contributed by atoms with van der Waals surface area (Å²) in [4.78, 5) is 0. The number of hydrogen-bond donors (Lipinski definition) is 1. The molecule has 0 saturated carbocycles. The molecule has 76 valence electrons. The Hall–Kier alpha value is -1.02. The molecule has 1 fully saturated rings. The minimum atomic E-state index is 0.695. The molecule has 0 spiro atoms.